The summed E-state index contributed by atoms with van der Waals surface area (Å²) in [5.74, 6) is -0.249. The lowest BCUT2D eigenvalue weighted by molar-refractivity contribution is 0.0137. The number of hydrogen-bond donors (Lipinski definition) is 1. The fourth-order valence-electron chi connectivity index (χ4n) is 3.56. The van der Waals surface area contributed by atoms with E-state index in [1.807, 2.05) is 34.6 Å². The molecule has 1 aromatic rings. The molecule has 9 heteroatoms. The van der Waals surface area contributed by atoms with E-state index >= 15 is 0 Å². The SMILES string of the molecule is CNC(=O)c1ccc(S(=O)(=O)N2CCCC(CN(C(=O)OC(C)(C)C)C(C)C)C2)cc1. The van der Waals surface area contributed by atoms with Crippen molar-refractivity contribution in [1.82, 2.24) is 14.5 Å². The molecule has 1 fully saturated rings. The molecular formula is C22H35N3O5S. The van der Waals surface area contributed by atoms with Gasteiger partial charge >= 0.3 is 6.09 Å². The summed E-state index contributed by atoms with van der Waals surface area (Å²) in [5.41, 5.74) is -0.185. The van der Waals surface area contributed by atoms with E-state index in [2.05, 4.69) is 5.32 Å². The zero-order chi connectivity index (χ0) is 23.4. The largest absolute Gasteiger partial charge is 0.444 e. The fraction of sp³-hybridized carbons (Fsp3) is 0.636. The molecule has 1 heterocycles. The average molecular weight is 454 g/mol. The van der Waals surface area contributed by atoms with E-state index < -0.39 is 15.6 Å². The van der Waals surface area contributed by atoms with Gasteiger partial charge in [0, 0.05) is 38.3 Å². The number of benzene rings is 1. The predicted octanol–water partition coefficient (Wildman–Crippen LogP) is 3.09. The Morgan fingerprint density at radius 3 is 2.35 bits per heavy atom. The summed E-state index contributed by atoms with van der Waals surface area (Å²) in [6.07, 6.45) is 1.18. The van der Waals surface area contributed by atoms with Gasteiger partial charge in [0.25, 0.3) is 5.91 Å². The second-order valence-corrected chi connectivity index (χ2v) is 11.1. The van der Waals surface area contributed by atoms with Crippen LogP contribution in [0.15, 0.2) is 29.2 Å². The van der Waals surface area contributed by atoms with Crippen LogP contribution in [0.3, 0.4) is 0 Å². The van der Waals surface area contributed by atoms with Crippen LogP contribution in [0.25, 0.3) is 0 Å². The maximum Gasteiger partial charge on any atom is 0.410 e. The Morgan fingerprint density at radius 1 is 1.23 bits per heavy atom. The molecule has 31 heavy (non-hydrogen) atoms. The standard InChI is InChI=1S/C22H35N3O5S/c1-16(2)25(21(27)30-22(3,4)5)15-17-8-7-13-24(14-17)31(28,29)19-11-9-18(10-12-19)20(26)23-6/h9-12,16-17H,7-8,13-15H2,1-6H3,(H,23,26). The Hall–Kier alpha value is -2.13. The van der Waals surface area contributed by atoms with Gasteiger partial charge in [0.05, 0.1) is 4.90 Å². The summed E-state index contributed by atoms with van der Waals surface area (Å²) in [6.45, 7) is 10.5. The number of nitrogens with one attached hydrogen (secondary N) is 1. The highest BCUT2D eigenvalue weighted by Crippen LogP contribution is 2.26. The van der Waals surface area contributed by atoms with Crippen molar-refractivity contribution in [3.8, 4) is 0 Å². The molecule has 1 saturated heterocycles. The highest BCUT2D eigenvalue weighted by atomic mass is 32.2. The normalized spacial score (nSPS) is 18.0. The van der Waals surface area contributed by atoms with Gasteiger partial charge in [0.15, 0.2) is 0 Å². The lowest BCUT2D eigenvalue weighted by Gasteiger charge is -2.37. The van der Waals surface area contributed by atoms with Crippen LogP contribution in [-0.4, -0.2) is 67.9 Å². The van der Waals surface area contributed by atoms with Crippen molar-refractivity contribution in [3.63, 3.8) is 0 Å². The van der Waals surface area contributed by atoms with Gasteiger partial charge in [-0.1, -0.05) is 0 Å². The molecule has 0 aromatic heterocycles. The van der Waals surface area contributed by atoms with Gasteiger partial charge < -0.3 is 15.0 Å². The number of carbonyl (C=O) groups is 2. The lowest BCUT2D eigenvalue weighted by atomic mass is 9.98. The molecule has 1 aliphatic heterocycles. The number of nitrogens with zero attached hydrogens (tertiary/aromatic N) is 2. The topological polar surface area (TPSA) is 96.0 Å². The molecule has 8 nitrogen and oxygen atoms in total. The molecule has 0 saturated carbocycles. The molecule has 1 N–H and O–H groups in total. The molecule has 2 rings (SSSR count). The summed E-state index contributed by atoms with van der Waals surface area (Å²) < 4.78 is 33.3. The summed E-state index contributed by atoms with van der Waals surface area (Å²) in [6, 6.07) is 5.89. The maximum atomic E-state index is 13.1. The summed E-state index contributed by atoms with van der Waals surface area (Å²) in [4.78, 5) is 26.2. The second kappa shape index (κ2) is 9.99. The Kier molecular flexibility index (Phi) is 8.10. The van der Waals surface area contributed by atoms with Gasteiger partial charge in [-0.25, -0.2) is 13.2 Å². The van der Waals surface area contributed by atoms with Gasteiger partial charge in [0.2, 0.25) is 10.0 Å². The first-order valence-electron chi connectivity index (χ1n) is 10.7. The number of amides is 2. The molecule has 1 unspecified atom stereocenters. The van der Waals surface area contributed by atoms with E-state index in [0.717, 1.165) is 12.8 Å². The van der Waals surface area contributed by atoms with Gasteiger partial charge in [-0.15, -0.1) is 0 Å². The Bertz CT molecular complexity index is 875. The third-order valence-electron chi connectivity index (χ3n) is 5.17. The minimum atomic E-state index is -3.68. The first kappa shape index (κ1) is 25.1. The van der Waals surface area contributed by atoms with Gasteiger partial charge in [-0.2, -0.15) is 4.31 Å². The Balaban J connectivity index is 2.13. The van der Waals surface area contributed by atoms with Crippen LogP contribution in [0.1, 0.15) is 57.8 Å². The molecule has 1 atom stereocenters. The number of hydrogen-bond acceptors (Lipinski definition) is 5. The molecule has 0 radical (unpaired) electrons. The van der Waals surface area contributed by atoms with Crippen molar-refractivity contribution in [2.45, 2.75) is 64.0 Å². The first-order chi connectivity index (χ1) is 14.3. The van der Waals surface area contributed by atoms with Crippen molar-refractivity contribution in [2.24, 2.45) is 5.92 Å². The molecule has 0 spiro atoms. The molecular weight excluding hydrogens is 418 g/mol. The first-order valence-corrected chi connectivity index (χ1v) is 12.1. The van der Waals surface area contributed by atoms with Crippen molar-refractivity contribution in [3.05, 3.63) is 29.8 Å². The van der Waals surface area contributed by atoms with E-state index in [-0.39, 0.29) is 28.9 Å². The highest BCUT2D eigenvalue weighted by Gasteiger charge is 2.33. The van der Waals surface area contributed by atoms with Crippen molar-refractivity contribution >= 4 is 22.0 Å². The fourth-order valence-corrected chi connectivity index (χ4v) is 5.12. The monoisotopic (exact) mass is 453 g/mol. The summed E-state index contributed by atoms with van der Waals surface area (Å²) >= 11 is 0. The van der Waals surface area contributed by atoms with Crippen LogP contribution < -0.4 is 5.32 Å². The third kappa shape index (κ3) is 6.67. The maximum absolute atomic E-state index is 13.1. The Morgan fingerprint density at radius 2 is 1.84 bits per heavy atom. The minimum absolute atomic E-state index is 0.0172. The van der Waals surface area contributed by atoms with Crippen LogP contribution in [0.4, 0.5) is 4.79 Å². The zero-order valence-electron chi connectivity index (χ0n) is 19.3. The van der Waals surface area contributed by atoms with E-state index in [9.17, 15) is 18.0 Å². The predicted molar refractivity (Wildman–Crippen MR) is 119 cm³/mol. The molecule has 1 aromatic carbocycles. The second-order valence-electron chi connectivity index (χ2n) is 9.20. The minimum Gasteiger partial charge on any atom is -0.444 e. The average Bonchev–Trinajstić information content (AvgIpc) is 2.70. The van der Waals surface area contributed by atoms with E-state index in [0.29, 0.717) is 25.2 Å². The molecule has 0 bridgehead atoms. The molecule has 174 valence electrons. The zero-order valence-corrected chi connectivity index (χ0v) is 20.2. The van der Waals surface area contributed by atoms with Crippen molar-refractivity contribution in [1.29, 1.82) is 0 Å². The van der Waals surface area contributed by atoms with Crippen LogP contribution in [0.5, 0.6) is 0 Å². The van der Waals surface area contributed by atoms with Gasteiger partial charge in [0.1, 0.15) is 5.60 Å². The highest BCUT2D eigenvalue weighted by molar-refractivity contribution is 7.89. The molecule has 0 aliphatic carbocycles. The number of sulfonamides is 1. The quantitative estimate of drug-likeness (QED) is 0.714. The third-order valence-corrected chi connectivity index (χ3v) is 7.05. The van der Waals surface area contributed by atoms with Gasteiger partial charge in [-0.05, 0) is 77.6 Å². The molecule has 1 aliphatic rings. The number of ether oxygens (including phenoxy) is 1. The van der Waals surface area contributed by atoms with Crippen LogP contribution in [-0.2, 0) is 14.8 Å². The van der Waals surface area contributed by atoms with Gasteiger partial charge in [-0.3, -0.25) is 4.79 Å². The number of rotatable bonds is 6. The number of carbonyl (C=O) groups excluding carboxylic acids is 2. The Labute approximate surface area is 186 Å². The van der Waals surface area contributed by atoms with E-state index in [4.69, 9.17) is 4.74 Å². The van der Waals surface area contributed by atoms with Crippen LogP contribution in [0, 0.1) is 5.92 Å². The van der Waals surface area contributed by atoms with Crippen LogP contribution >= 0.6 is 0 Å². The van der Waals surface area contributed by atoms with Crippen molar-refractivity contribution < 1.29 is 22.7 Å². The number of piperidine rings is 1. The van der Waals surface area contributed by atoms with E-state index in [1.54, 1.807) is 4.90 Å². The van der Waals surface area contributed by atoms with Crippen molar-refractivity contribution in [2.75, 3.05) is 26.7 Å². The summed E-state index contributed by atoms with van der Waals surface area (Å²) in [5, 5.41) is 2.52. The van der Waals surface area contributed by atoms with E-state index in [1.165, 1.54) is 35.6 Å². The molecule has 2 amide bonds. The smallest absolute Gasteiger partial charge is 0.410 e. The van der Waals surface area contributed by atoms with Crippen LogP contribution in [0.2, 0.25) is 0 Å². The summed E-state index contributed by atoms with van der Waals surface area (Å²) in [7, 11) is -2.16. The lowest BCUT2D eigenvalue weighted by Crippen LogP contribution is -2.48.